The number of benzene rings is 2. The lowest BCUT2D eigenvalue weighted by Gasteiger charge is -2.12. The number of nitrogens with zero attached hydrogens (tertiary/aromatic N) is 1. The van der Waals surface area contributed by atoms with Crippen LogP contribution in [0.5, 0.6) is 11.5 Å². The van der Waals surface area contributed by atoms with E-state index in [1.807, 2.05) is 6.07 Å². The van der Waals surface area contributed by atoms with E-state index in [2.05, 4.69) is 5.32 Å². The van der Waals surface area contributed by atoms with Gasteiger partial charge in [0.1, 0.15) is 11.6 Å². The number of carbonyl (C=O) groups is 2. The lowest BCUT2D eigenvalue weighted by Crippen LogP contribution is -2.14. The molecule has 2 aromatic rings. The van der Waals surface area contributed by atoms with Gasteiger partial charge in [0, 0.05) is 10.7 Å². The summed E-state index contributed by atoms with van der Waals surface area (Å²) >= 11 is 12.1. The number of methoxy groups -OCH3 is 1. The van der Waals surface area contributed by atoms with Gasteiger partial charge in [0.2, 0.25) is 0 Å². The molecule has 0 heterocycles. The summed E-state index contributed by atoms with van der Waals surface area (Å²) in [7, 11) is 1.35. The van der Waals surface area contributed by atoms with Crippen LogP contribution in [0.15, 0.2) is 35.9 Å². The number of nitriles is 1. The van der Waals surface area contributed by atoms with E-state index < -0.39 is 18.5 Å². The fourth-order valence-corrected chi connectivity index (χ4v) is 2.78. The molecular formula is C20H16Cl2N2O5. The maximum atomic E-state index is 12.5. The lowest BCUT2D eigenvalue weighted by molar-refractivity contribution is -0.139. The molecule has 9 heteroatoms. The number of carbonyl (C=O) groups excluding carboxylic acids is 1. The highest BCUT2D eigenvalue weighted by atomic mass is 35.5. The van der Waals surface area contributed by atoms with Crippen LogP contribution in [0, 0.1) is 18.3 Å². The van der Waals surface area contributed by atoms with Crippen molar-refractivity contribution in [1.29, 1.82) is 5.26 Å². The van der Waals surface area contributed by atoms with Gasteiger partial charge in [0.05, 0.1) is 12.1 Å². The first kappa shape index (κ1) is 22.1. The van der Waals surface area contributed by atoms with Gasteiger partial charge in [0.25, 0.3) is 5.91 Å². The Hall–Kier alpha value is -3.21. The molecule has 0 aliphatic rings. The number of hydrogen-bond donors (Lipinski definition) is 2. The van der Waals surface area contributed by atoms with Crippen molar-refractivity contribution in [3.8, 4) is 17.6 Å². The van der Waals surface area contributed by atoms with Crippen molar-refractivity contribution in [3.05, 3.63) is 57.1 Å². The molecule has 2 rings (SSSR count). The molecule has 0 aliphatic heterocycles. The Morgan fingerprint density at radius 3 is 2.62 bits per heavy atom. The second-order valence-electron chi connectivity index (χ2n) is 5.80. The normalized spacial score (nSPS) is 10.8. The van der Waals surface area contributed by atoms with Gasteiger partial charge < -0.3 is 19.9 Å². The van der Waals surface area contributed by atoms with E-state index in [-0.39, 0.29) is 22.1 Å². The Morgan fingerprint density at radius 1 is 1.28 bits per heavy atom. The van der Waals surface area contributed by atoms with Gasteiger partial charge in [-0.05, 0) is 48.4 Å². The zero-order valence-corrected chi connectivity index (χ0v) is 17.0. The van der Waals surface area contributed by atoms with Crippen molar-refractivity contribution in [3.63, 3.8) is 0 Å². The SMILES string of the molecule is COc1cc(/C=C(\C#N)C(=O)Nc2cc(Cl)ccc2C)cc(Cl)c1OCC(=O)O. The smallest absolute Gasteiger partial charge is 0.341 e. The quantitative estimate of drug-likeness (QED) is 0.495. The van der Waals surface area contributed by atoms with E-state index in [4.69, 9.17) is 37.8 Å². The number of carboxylic acids is 1. The number of halogens is 2. The molecule has 29 heavy (non-hydrogen) atoms. The van der Waals surface area contributed by atoms with Crippen LogP contribution in [-0.4, -0.2) is 30.7 Å². The molecule has 150 valence electrons. The van der Waals surface area contributed by atoms with E-state index in [9.17, 15) is 14.9 Å². The lowest BCUT2D eigenvalue weighted by atomic mass is 10.1. The average Bonchev–Trinajstić information content (AvgIpc) is 2.67. The van der Waals surface area contributed by atoms with Crippen molar-refractivity contribution in [1.82, 2.24) is 0 Å². The predicted octanol–water partition coefficient (Wildman–Crippen LogP) is 4.32. The fraction of sp³-hybridized carbons (Fsp3) is 0.150. The standard InChI is InChI=1S/C20H16Cl2N2O5/c1-11-3-4-14(21)8-16(11)24-20(27)13(9-23)5-12-6-15(22)19(17(7-12)28-2)29-10-18(25)26/h3-8H,10H2,1-2H3,(H,24,27)(H,25,26)/b13-5+. The maximum Gasteiger partial charge on any atom is 0.341 e. The Bertz CT molecular complexity index is 1030. The molecule has 1 amide bonds. The number of ether oxygens (including phenoxy) is 2. The molecule has 2 aromatic carbocycles. The molecule has 0 saturated carbocycles. The minimum absolute atomic E-state index is 0.0474. The molecule has 2 N–H and O–H groups in total. The number of aryl methyl sites for hydroxylation is 1. The summed E-state index contributed by atoms with van der Waals surface area (Å²) in [6.07, 6.45) is 1.32. The van der Waals surface area contributed by atoms with Crippen LogP contribution in [0.1, 0.15) is 11.1 Å². The molecule has 0 unspecified atom stereocenters. The number of nitrogens with one attached hydrogen (secondary N) is 1. The molecular weight excluding hydrogens is 419 g/mol. The number of aliphatic carboxylic acids is 1. The third kappa shape index (κ3) is 5.88. The first-order valence-corrected chi connectivity index (χ1v) is 8.92. The summed E-state index contributed by atoms with van der Waals surface area (Å²) in [4.78, 5) is 23.2. The van der Waals surface area contributed by atoms with Crippen molar-refractivity contribution >= 4 is 46.8 Å². The van der Waals surface area contributed by atoms with Crippen LogP contribution < -0.4 is 14.8 Å². The van der Waals surface area contributed by atoms with Gasteiger partial charge >= 0.3 is 5.97 Å². The van der Waals surface area contributed by atoms with Crippen LogP contribution in [0.3, 0.4) is 0 Å². The Balaban J connectivity index is 2.33. The van der Waals surface area contributed by atoms with E-state index in [0.717, 1.165) is 5.56 Å². The van der Waals surface area contributed by atoms with Crippen LogP contribution >= 0.6 is 23.2 Å². The van der Waals surface area contributed by atoms with Crippen LogP contribution in [0.2, 0.25) is 10.0 Å². The molecule has 7 nitrogen and oxygen atoms in total. The van der Waals surface area contributed by atoms with E-state index >= 15 is 0 Å². The van der Waals surface area contributed by atoms with Crippen molar-refractivity contribution < 1.29 is 24.2 Å². The largest absolute Gasteiger partial charge is 0.493 e. The van der Waals surface area contributed by atoms with Crippen LogP contribution in [-0.2, 0) is 9.59 Å². The summed E-state index contributed by atoms with van der Waals surface area (Å²) in [6, 6.07) is 9.75. The monoisotopic (exact) mass is 434 g/mol. The minimum atomic E-state index is -1.17. The maximum absolute atomic E-state index is 12.5. The van der Waals surface area contributed by atoms with Gasteiger partial charge in [-0.3, -0.25) is 4.79 Å². The summed E-state index contributed by atoms with van der Waals surface area (Å²) in [5.41, 5.74) is 1.48. The summed E-state index contributed by atoms with van der Waals surface area (Å²) in [5, 5.41) is 21.3. The third-order valence-corrected chi connectivity index (χ3v) is 4.23. The number of hydrogen-bond acceptors (Lipinski definition) is 5. The number of carboxylic acid groups (broad SMARTS) is 1. The van der Waals surface area contributed by atoms with E-state index in [1.165, 1.54) is 25.3 Å². The molecule has 0 aromatic heterocycles. The molecule has 0 radical (unpaired) electrons. The molecule has 0 spiro atoms. The summed E-state index contributed by atoms with van der Waals surface area (Å²) < 4.78 is 10.3. The molecule has 0 bridgehead atoms. The highest BCUT2D eigenvalue weighted by Gasteiger charge is 2.15. The van der Waals surface area contributed by atoms with Crippen molar-refractivity contribution in [2.75, 3.05) is 19.0 Å². The number of amides is 1. The summed E-state index contributed by atoms with van der Waals surface area (Å²) in [5.74, 6) is -1.59. The Morgan fingerprint density at radius 2 is 2.00 bits per heavy atom. The van der Waals surface area contributed by atoms with Gasteiger partial charge in [-0.1, -0.05) is 29.3 Å². The predicted molar refractivity (Wildman–Crippen MR) is 110 cm³/mol. The average molecular weight is 435 g/mol. The first-order chi connectivity index (χ1) is 13.7. The van der Waals surface area contributed by atoms with Gasteiger partial charge in [-0.25, -0.2) is 4.79 Å². The Kier molecular flexibility index (Phi) is 7.48. The molecule has 0 saturated heterocycles. The molecule has 0 fully saturated rings. The summed E-state index contributed by atoms with van der Waals surface area (Å²) in [6.45, 7) is 1.19. The minimum Gasteiger partial charge on any atom is -0.493 e. The fourth-order valence-electron chi connectivity index (χ4n) is 2.33. The molecule has 0 aliphatic carbocycles. The third-order valence-electron chi connectivity index (χ3n) is 3.72. The highest BCUT2D eigenvalue weighted by molar-refractivity contribution is 6.32. The first-order valence-electron chi connectivity index (χ1n) is 8.16. The topological polar surface area (TPSA) is 109 Å². The van der Waals surface area contributed by atoms with Gasteiger partial charge in [-0.2, -0.15) is 5.26 Å². The second kappa shape index (κ2) is 9.82. The van der Waals surface area contributed by atoms with Gasteiger partial charge in [0.15, 0.2) is 18.1 Å². The number of rotatable bonds is 7. The highest BCUT2D eigenvalue weighted by Crippen LogP contribution is 2.37. The van der Waals surface area contributed by atoms with E-state index in [0.29, 0.717) is 16.3 Å². The second-order valence-corrected chi connectivity index (χ2v) is 6.64. The molecule has 0 atom stereocenters. The van der Waals surface area contributed by atoms with Crippen molar-refractivity contribution in [2.45, 2.75) is 6.92 Å². The van der Waals surface area contributed by atoms with Crippen LogP contribution in [0.25, 0.3) is 6.08 Å². The van der Waals surface area contributed by atoms with Crippen molar-refractivity contribution in [2.24, 2.45) is 0 Å². The number of anilines is 1. The van der Waals surface area contributed by atoms with E-state index in [1.54, 1.807) is 25.1 Å². The Labute approximate surface area is 177 Å². The zero-order chi connectivity index (χ0) is 21.6. The van der Waals surface area contributed by atoms with Crippen LogP contribution in [0.4, 0.5) is 5.69 Å². The zero-order valence-electron chi connectivity index (χ0n) is 15.5. The van der Waals surface area contributed by atoms with Gasteiger partial charge in [-0.15, -0.1) is 0 Å².